The van der Waals surface area contributed by atoms with Crippen LogP contribution in [0.2, 0.25) is 0 Å². The van der Waals surface area contributed by atoms with Crippen LogP contribution < -0.4 is 0 Å². The van der Waals surface area contributed by atoms with Gasteiger partial charge in [-0.15, -0.1) is 23.5 Å². The van der Waals surface area contributed by atoms with Crippen LogP contribution in [0.1, 0.15) is 19.8 Å². The molecular weight excluding hydrogens is 180 g/mol. The lowest BCUT2D eigenvalue weighted by atomic mass is 10.2. The maximum absolute atomic E-state index is 10.3. The fourth-order valence-electron chi connectivity index (χ4n) is 1.04. The summed E-state index contributed by atoms with van der Waals surface area (Å²) in [5, 5.41) is 8.47. The van der Waals surface area contributed by atoms with Crippen molar-refractivity contribution in [2.45, 2.75) is 23.8 Å². The zero-order valence-corrected chi connectivity index (χ0v) is 8.13. The van der Waals surface area contributed by atoms with Crippen LogP contribution in [0.4, 0.5) is 0 Å². The topological polar surface area (TPSA) is 37.3 Å². The quantitative estimate of drug-likeness (QED) is 0.742. The average Bonchev–Trinajstić information content (AvgIpc) is 2.33. The largest absolute Gasteiger partial charge is 0.481 e. The minimum absolute atomic E-state index is 0.179. The average molecular weight is 192 g/mol. The Hall–Kier alpha value is 0.170. The predicted octanol–water partition coefficient (Wildman–Crippen LogP) is 2.05. The van der Waals surface area contributed by atoms with Crippen LogP contribution in [0.15, 0.2) is 0 Å². The second kappa shape index (κ2) is 3.72. The molecule has 0 aromatic rings. The number of rotatable bonds is 3. The lowest BCUT2D eigenvalue weighted by Crippen LogP contribution is -2.13. The summed E-state index contributed by atoms with van der Waals surface area (Å²) in [4.78, 5) is 10.3. The minimum Gasteiger partial charge on any atom is -0.481 e. The Morgan fingerprint density at radius 3 is 2.55 bits per heavy atom. The van der Waals surface area contributed by atoms with Crippen LogP contribution in [0.3, 0.4) is 0 Å². The maximum atomic E-state index is 10.3. The van der Waals surface area contributed by atoms with Crippen LogP contribution in [0, 0.1) is 0 Å². The summed E-state index contributed by atoms with van der Waals surface area (Å²) in [5.41, 5.74) is 0. The molecular formula is C7H12O2S2. The molecule has 0 bridgehead atoms. The summed E-state index contributed by atoms with van der Waals surface area (Å²) in [6, 6.07) is 0. The first-order valence-electron chi connectivity index (χ1n) is 3.62. The molecule has 0 aromatic carbocycles. The van der Waals surface area contributed by atoms with Gasteiger partial charge in [0.05, 0.1) is 4.08 Å². The zero-order chi connectivity index (χ0) is 8.32. The summed E-state index contributed by atoms with van der Waals surface area (Å²) in [7, 11) is 0. The number of thioether (sulfide) groups is 2. The zero-order valence-electron chi connectivity index (χ0n) is 6.50. The molecule has 1 heterocycles. The highest BCUT2D eigenvalue weighted by molar-refractivity contribution is 8.21. The van der Waals surface area contributed by atoms with Gasteiger partial charge in [-0.3, -0.25) is 4.79 Å². The van der Waals surface area contributed by atoms with Crippen molar-refractivity contribution in [3.63, 3.8) is 0 Å². The fraction of sp³-hybridized carbons (Fsp3) is 0.857. The molecule has 2 nitrogen and oxygen atoms in total. The van der Waals surface area contributed by atoms with E-state index in [0.29, 0.717) is 6.42 Å². The molecule has 1 rings (SSSR count). The summed E-state index contributed by atoms with van der Waals surface area (Å²) < 4.78 is 0.179. The van der Waals surface area contributed by atoms with E-state index in [2.05, 4.69) is 6.92 Å². The van der Waals surface area contributed by atoms with Gasteiger partial charge < -0.3 is 5.11 Å². The summed E-state index contributed by atoms with van der Waals surface area (Å²) in [6.45, 7) is 2.14. The first kappa shape index (κ1) is 9.26. The number of hydrogen-bond donors (Lipinski definition) is 1. The molecule has 0 radical (unpaired) electrons. The molecule has 1 aliphatic rings. The van der Waals surface area contributed by atoms with Gasteiger partial charge in [0.25, 0.3) is 0 Å². The van der Waals surface area contributed by atoms with Gasteiger partial charge in [-0.05, 0) is 13.3 Å². The highest BCUT2D eigenvalue weighted by Crippen LogP contribution is 2.46. The normalized spacial score (nSPS) is 21.9. The van der Waals surface area contributed by atoms with E-state index >= 15 is 0 Å². The van der Waals surface area contributed by atoms with E-state index in [1.54, 1.807) is 0 Å². The van der Waals surface area contributed by atoms with E-state index in [-0.39, 0.29) is 4.08 Å². The molecule has 0 spiro atoms. The third-order valence-corrected chi connectivity index (χ3v) is 5.10. The van der Waals surface area contributed by atoms with Crippen LogP contribution in [-0.2, 0) is 4.79 Å². The smallest absolute Gasteiger partial charge is 0.303 e. The van der Waals surface area contributed by atoms with Gasteiger partial charge in [-0.25, -0.2) is 0 Å². The molecule has 0 aliphatic carbocycles. The Bertz CT molecular complexity index is 153. The lowest BCUT2D eigenvalue weighted by Gasteiger charge is -2.19. The molecule has 11 heavy (non-hydrogen) atoms. The first-order chi connectivity index (χ1) is 5.12. The Morgan fingerprint density at radius 1 is 1.55 bits per heavy atom. The van der Waals surface area contributed by atoms with Crippen LogP contribution in [-0.4, -0.2) is 26.7 Å². The van der Waals surface area contributed by atoms with Gasteiger partial charge in [0.1, 0.15) is 0 Å². The van der Waals surface area contributed by atoms with Crippen molar-refractivity contribution in [3.05, 3.63) is 0 Å². The molecule has 1 fully saturated rings. The third-order valence-electron chi connectivity index (χ3n) is 1.69. The molecule has 0 atom stereocenters. The molecule has 4 heteroatoms. The Labute approximate surface area is 75.1 Å². The van der Waals surface area contributed by atoms with Gasteiger partial charge in [-0.1, -0.05) is 0 Å². The van der Waals surface area contributed by atoms with Crippen molar-refractivity contribution < 1.29 is 9.90 Å². The van der Waals surface area contributed by atoms with Crippen LogP contribution in [0.5, 0.6) is 0 Å². The highest BCUT2D eigenvalue weighted by atomic mass is 32.2. The molecule has 0 unspecified atom stereocenters. The van der Waals surface area contributed by atoms with E-state index in [4.69, 9.17) is 5.11 Å². The van der Waals surface area contributed by atoms with Crippen molar-refractivity contribution >= 4 is 29.5 Å². The van der Waals surface area contributed by atoms with Crippen molar-refractivity contribution in [2.75, 3.05) is 11.5 Å². The number of aliphatic carboxylic acids is 1. The van der Waals surface area contributed by atoms with Crippen LogP contribution >= 0.6 is 23.5 Å². The van der Waals surface area contributed by atoms with E-state index in [1.807, 2.05) is 23.5 Å². The second-order valence-electron chi connectivity index (χ2n) is 2.72. The van der Waals surface area contributed by atoms with Gasteiger partial charge in [0.2, 0.25) is 0 Å². The molecule has 0 saturated carbocycles. The first-order valence-corrected chi connectivity index (χ1v) is 5.59. The highest BCUT2D eigenvalue weighted by Gasteiger charge is 2.30. The molecule has 1 aliphatic heterocycles. The number of carboxylic acid groups (broad SMARTS) is 1. The Morgan fingerprint density at radius 2 is 2.09 bits per heavy atom. The number of carbonyl (C=O) groups is 1. The number of carboxylic acids is 1. The van der Waals surface area contributed by atoms with E-state index in [1.165, 1.54) is 11.5 Å². The second-order valence-corrected chi connectivity index (χ2v) is 6.18. The van der Waals surface area contributed by atoms with Gasteiger partial charge in [-0.2, -0.15) is 0 Å². The monoisotopic (exact) mass is 192 g/mol. The van der Waals surface area contributed by atoms with Gasteiger partial charge in [0.15, 0.2) is 0 Å². The van der Waals surface area contributed by atoms with E-state index in [9.17, 15) is 4.79 Å². The summed E-state index contributed by atoms with van der Waals surface area (Å²) in [5.74, 6) is 1.65. The summed E-state index contributed by atoms with van der Waals surface area (Å²) >= 11 is 3.77. The minimum atomic E-state index is -0.681. The molecule has 1 N–H and O–H groups in total. The van der Waals surface area contributed by atoms with Crippen LogP contribution in [0.25, 0.3) is 0 Å². The molecule has 64 valence electrons. The molecule has 0 aromatic heterocycles. The van der Waals surface area contributed by atoms with Gasteiger partial charge in [0, 0.05) is 17.9 Å². The summed E-state index contributed by atoms with van der Waals surface area (Å²) in [6.07, 6.45) is 1.09. The molecule has 1 saturated heterocycles. The van der Waals surface area contributed by atoms with Crippen molar-refractivity contribution in [3.8, 4) is 0 Å². The van der Waals surface area contributed by atoms with Crippen molar-refractivity contribution in [2.24, 2.45) is 0 Å². The third kappa shape index (κ3) is 2.95. The molecule has 0 amide bonds. The van der Waals surface area contributed by atoms with E-state index in [0.717, 1.165) is 6.42 Å². The maximum Gasteiger partial charge on any atom is 0.303 e. The van der Waals surface area contributed by atoms with Crippen molar-refractivity contribution in [1.29, 1.82) is 0 Å². The predicted molar refractivity (Wildman–Crippen MR) is 50.2 cm³/mol. The SMILES string of the molecule is CC1(CCC(=O)O)SCCS1. The lowest BCUT2D eigenvalue weighted by molar-refractivity contribution is -0.137. The van der Waals surface area contributed by atoms with E-state index < -0.39 is 5.97 Å². The van der Waals surface area contributed by atoms with Crippen molar-refractivity contribution in [1.82, 2.24) is 0 Å². The van der Waals surface area contributed by atoms with Gasteiger partial charge >= 0.3 is 5.97 Å². The Kier molecular flexibility index (Phi) is 3.13. The fourth-order valence-corrected chi connectivity index (χ4v) is 3.89. The number of hydrogen-bond acceptors (Lipinski definition) is 3. The Balaban J connectivity index is 2.28. The standard InChI is InChI=1S/C7H12O2S2/c1-7(3-2-6(8)9)10-4-5-11-7/h2-5H2,1H3,(H,8,9).